The van der Waals surface area contributed by atoms with Gasteiger partial charge in [0.25, 0.3) is 0 Å². The van der Waals surface area contributed by atoms with Crippen LogP contribution in [0.3, 0.4) is 0 Å². The summed E-state index contributed by atoms with van der Waals surface area (Å²) < 4.78 is 0. The van der Waals surface area contributed by atoms with E-state index in [9.17, 15) is 0 Å². The Bertz CT molecular complexity index is 703. The lowest BCUT2D eigenvalue weighted by Crippen LogP contribution is -1.93. The van der Waals surface area contributed by atoms with Crippen molar-refractivity contribution in [3.63, 3.8) is 0 Å². The Morgan fingerprint density at radius 1 is 1.05 bits per heavy atom. The first-order chi connectivity index (χ1) is 9.22. The summed E-state index contributed by atoms with van der Waals surface area (Å²) in [6.07, 6.45) is 0. The van der Waals surface area contributed by atoms with Gasteiger partial charge in [0.1, 0.15) is 0 Å². The van der Waals surface area contributed by atoms with Crippen LogP contribution in [0.1, 0.15) is 18.1 Å². The fourth-order valence-electron chi connectivity index (χ4n) is 2.01. The topological polar surface area (TPSA) is 41.0 Å². The van der Waals surface area contributed by atoms with E-state index in [4.69, 9.17) is 0 Å². The van der Waals surface area contributed by atoms with Gasteiger partial charge in [-0.1, -0.05) is 42.0 Å². The van der Waals surface area contributed by atoms with E-state index >= 15 is 0 Å². The van der Waals surface area contributed by atoms with Crippen molar-refractivity contribution in [2.45, 2.75) is 13.8 Å². The van der Waals surface area contributed by atoms with Gasteiger partial charge in [-0.2, -0.15) is 0 Å². The average molecular weight is 249 g/mol. The number of para-hydroxylation sites is 2. The van der Waals surface area contributed by atoms with E-state index < -0.39 is 0 Å². The molecule has 0 aliphatic heterocycles. The first-order valence-electron chi connectivity index (χ1n) is 6.29. The summed E-state index contributed by atoms with van der Waals surface area (Å²) in [6.45, 7) is 4.08. The molecule has 0 aliphatic rings. The van der Waals surface area contributed by atoms with Crippen molar-refractivity contribution in [3.05, 3.63) is 59.7 Å². The second-order valence-electron chi connectivity index (χ2n) is 4.64. The van der Waals surface area contributed by atoms with Gasteiger partial charge < -0.3 is 4.98 Å². The van der Waals surface area contributed by atoms with Gasteiger partial charge in [0.05, 0.1) is 11.0 Å². The van der Waals surface area contributed by atoms with Crippen molar-refractivity contribution in [1.82, 2.24) is 9.97 Å². The third-order valence-electron chi connectivity index (χ3n) is 3.12. The summed E-state index contributed by atoms with van der Waals surface area (Å²) in [4.78, 5) is 12.2. The van der Waals surface area contributed by atoms with E-state index in [2.05, 4.69) is 46.1 Å². The molecule has 0 aliphatic carbocycles. The monoisotopic (exact) mass is 249 g/mol. The molecular weight excluding hydrogens is 234 g/mol. The second-order valence-corrected chi connectivity index (χ2v) is 4.64. The average Bonchev–Trinajstić information content (AvgIpc) is 2.81. The predicted molar refractivity (Wildman–Crippen MR) is 79.1 cm³/mol. The van der Waals surface area contributed by atoms with Crippen molar-refractivity contribution in [2.75, 3.05) is 0 Å². The van der Waals surface area contributed by atoms with Crippen molar-refractivity contribution >= 4 is 22.7 Å². The molecule has 1 N–H and O–H groups in total. The SMILES string of the molecule is C/C(=N\c1nc2ccccc2[nH]1)c1ccc(C)cc1. The zero-order valence-corrected chi connectivity index (χ0v) is 11.0. The fraction of sp³-hybridized carbons (Fsp3) is 0.125. The minimum atomic E-state index is 0.652. The second kappa shape index (κ2) is 4.69. The number of rotatable bonds is 2. The molecule has 0 radical (unpaired) electrons. The van der Waals surface area contributed by atoms with Gasteiger partial charge in [-0.25, -0.2) is 9.98 Å². The number of hydrogen-bond acceptors (Lipinski definition) is 2. The fourth-order valence-corrected chi connectivity index (χ4v) is 2.01. The molecule has 19 heavy (non-hydrogen) atoms. The van der Waals surface area contributed by atoms with Gasteiger partial charge in [-0.15, -0.1) is 0 Å². The number of nitrogens with one attached hydrogen (secondary N) is 1. The van der Waals surface area contributed by atoms with Crippen LogP contribution in [-0.2, 0) is 0 Å². The van der Waals surface area contributed by atoms with Crippen molar-refractivity contribution in [1.29, 1.82) is 0 Å². The van der Waals surface area contributed by atoms with E-state index in [0.29, 0.717) is 5.95 Å². The van der Waals surface area contributed by atoms with Crippen LogP contribution >= 0.6 is 0 Å². The van der Waals surface area contributed by atoms with Crippen molar-refractivity contribution < 1.29 is 0 Å². The summed E-state index contributed by atoms with van der Waals surface area (Å²) >= 11 is 0. The molecule has 0 spiro atoms. The van der Waals surface area contributed by atoms with Gasteiger partial charge in [0.2, 0.25) is 5.95 Å². The van der Waals surface area contributed by atoms with Gasteiger partial charge in [0.15, 0.2) is 0 Å². The summed E-state index contributed by atoms with van der Waals surface area (Å²) in [6, 6.07) is 16.3. The van der Waals surface area contributed by atoms with Gasteiger partial charge in [0, 0.05) is 5.71 Å². The number of aromatic amines is 1. The van der Waals surface area contributed by atoms with Crippen LogP contribution in [0.15, 0.2) is 53.5 Å². The summed E-state index contributed by atoms with van der Waals surface area (Å²) in [5.41, 5.74) is 5.28. The molecular formula is C16H15N3. The molecule has 3 heteroatoms. The van der Waals surface area contributed by atoms with Crippen LogP contribution in [0.25, 0.3) is 11.0 Å². The third-order valence-corrected chi connectivity index (χ3v) is 3.12. The zero-order valence-electron chi connectivity index (χ0n) is 11.0. The first-order valence-corrected chi connectivity index (χ1v) is 6.29. The molecule has 0 amide bonds. The molecule has 94 valence electrons. The lowest BCUT2D eigenvalue weighted by atomic mass is 10.1. The molecule has 0 saturated heterocycles. The van der Waals surface area contributed by atoms with Crippen LogP contribution in [0.5, 0.6) is 0 Å². The van der Waals surface area contributed by atoms with Crippen molar-refractivity contribution in [2.24, 2.45) is 4.99 Å². The summed E-state index contributed by atoms with van der Waals surface area (Å²) in [5.74, 6) is 0.652. The maximum atomic E-state index is 4.55. The zero-order chi connectivity index (χ0) is 13.2. The van der Waals surface area contributed by atoms with E-state index in [1.54, 1.807) is 0 Å². The first kappa shape index (κ1) is 11.7. The van der Waals surface area contributed by atoms with E-state index in [1.165, 1.54) is 5.56 Å². The lowest BCUT2D eigenvalue weighted by molar-refractivity contribution is 1.26. The Morgan fingerprint density at radius 2 is 1.79 bits per heavy atom. The van der Waals surface area contributed by atoms with E-state index in [0.717, 1.165) is 22.3 Å². The standard InChI is InChI=1S/C16H15N3/c1-11-7-9-13(10-8-11)12(2)17-16-18-14-5-3-4-6-15(14)19-16/h3-10H,1-2H3,(H,18,19)/b17-12+. The number of benzene rings is 2. The molecule has 3 rings (SSSR count). The number of H-pyrrole nitrogens is 1. The lowest BCUT2D eigenvalue weighted by Gasteiger charge is -2.00. The Balaban J connectivity index is 1.97. The van der Waals surface area contributed by atoms with Crippen LogP contribution in [0, 0.1) is 6.92 Å². The van der Waals surface area contributed by atoms with Crippen LogP contribution < -0.4 is 0 Å². The number of aromatic nitrogens is 2. The normalized spacial score (nSPS) is 12.0. The highest BCUT2D eigenvalue weighted by molar-refractivity contribution is 6.00. The Morgan fingerprint density at radius 3 is 2.53 bits per heavy atom. The smallest absolute Gasteiger partial charge is 0.228 e. The minimum absolute atomic E-state index is 0.652. The predicted octanol–water partition coefficient (Wildman–Crippen LogP) is 4.01. The third kappa shape index (κ3) is 2.40. The molecule has 0 unspecified atom stereocenters. The number of aliphatic imine (C=N–C) groups is 1. The molecule has 0 bridgehead atoms. The molecule has 0 atom stereocenters. The minimum Gasteiger partial charge on any atom is -0.322 e. The molecule has 2 aromatic carbocycles. The van der Waals surface area contributed by atoms with E-state index in [-0.39, 0.29) is 0 Å². The molecule has 0 fully saturated rings. The number of fused-ring (bicyclic) bond motifs is 1. The van der Waals surface area contributed by atoms with Crippen LogP contribution in [0.4, 0.5) is 5.95 Å². The highest BCUT2D eigenvalue weighted by Gasteiger charge is 2.02. The maximum absolute atomic E-state index is 4.55. The van der Waals surface area contributed by atoms with Gasteiger partial charge in [-0.3, -0.25) is 0 Å². The van der Waals surface area contributed by atoms with Gasteiger partial charge >= 0.3 is 0 Å². The highest BCUT2D eigenvalue weighted by atomic mass is 15.1. The number of hydrogen-bond donors (Lipinski definition) is 1. The Hall–Kier alpha value is -2.42. The largest absolute Gasteiger partial charge is 0.322 e. The molecule has 0 saturated carbocycles. The Kier molecular flexibility index (Phi) is 2.88. The quantitative estimate of drug-likeness (QED) is 0.685. The number of imidazole rings is 1. The highest BCUT2D eigenvalue weighted by Crippen LogP contribution is 2.17. The Labute approximate surface area is 112 Å². The number of nitrogens with zero attached hydrogens (tertiary/aromatic N) is 2. The van der Waals surface area contributed by atoms with Crippen LogP contribution in [0.2, 0.25) is 0 Å². The van der Waals surface area contributed by atoms with Crippen LogP contribution in [-0.4, -0.2) is 15.7 Å². The maximum Gasteiger partial charge on any atom is 0.228 e. The summed E-state index contributed by atoms with van der Waals surface area (Å²) in [5, 5.41) is 0. The molecule has 3 nitrogen and oxygen atoms in total. The summed E-state index contributed by atoms with van der Waals surface area (Å²) in [7, 11) is 0. The number of aryl methyl sites for hydroxylation is 1. The van der Waals surface area contributed by atoms with Gasteiger partial charge in [-0.05, 0) is 31.5 Å². The molecule has 3 aromatic rings. The molecule has 1 aromatic heterocycles. The van der Waals surface area contributed by atoms with Crippen molar-refractivity contribution in [3.8, 4) is 0 Å². The van der Waals surface area contributed by atoms with E-state index in [1.807, 2.05) is 31.2 Å². The molecule has 1 heterocycles.